The summed E-state index contributed by atoms with van der Waals surface area (Å²) in [5.41, 5.74) is 16.2. The van der Waals surface area contributed by atoms with Crippen LogP contribution in [0.15, 0.2) is 16.8 Å². The Hall–Kier alpha value is -1.88. The number of carboxylic acids is 1. The van der Waals surface area contributed by atoms with E-state index in [2.05, 4.69) is 4.99 Å². The van der Waals surface area contributed by atoms with Crippen molar-refractivity contribution < 1.29 is 30.0 Å². The smallest absolute Gasteiger partial charge is 0.370 e. The van der Waals surface area contributed by atoms with Crippen molar-refractivity contribution in [3.8, 4) is 0 Å². The van der Waals surface area contributed by atoms with Gasteiger partial charge in [-0.15, -0.1) is 0 Å². The van der Waals surface area contributed by atoms with Crippen LogP contribution in [-0.4, -0.2) is 69.4 Å². The number of nitrogens with zero attached hydrogens (tertiary/aromatic N) is 1. The summed E-state index contributed by atoms with van der Waals surface area (Å²) in [6.07, 6.45) is -3.34. The van der Waals surface area contributed by atoms with Gasteiger partial charge >= 0.3 is 5.97 Å². The molecule has 0 radical (unpaired) electrons. The van der Waals surface area contributed by atoms with Crippen molar-refractivity contribution in [1.82, 2.24) is 0 Å². The van der Waals surface area contributed by atoms with E-state index in [1.807, 2.05) is 0 Å². The molecule has 114 valence electrons. The lowest BCUT2D eigenvalue weighted by Gasteiger charge is -2.36. The number of hydrogen-bond acceptors (Lipinski definition) is 7. The monoisotopic (exact) mass is 290 g/mol. The van der Waals surface area contributed by atoms with Crippen LogP contribution in [0.1, 0.15) is 0 Å². The normalized spacial score (nSPS) is 28.8. The van der Waals surface area contributed by atoms with Gasteiger partial charge in [0.25, 0.3) is 0 Å². The van der Waals surface area contributed by atoms with Gasteiger partial charge in [-0.25, -0.2) is 9.79 Å². The molecule has 1 heterocycles. The molecule has 0 amide bonds. The maximum atomic E-state index is 11.0. The number of carbonyl (C=O) groups is 1. The van der Waals surface area contributed by atoms with E-state index in [4.69, 9.17) is 32.2 Å². The number of aliphatic hydroxyl groups is 3. The number of rotatable bonds is 5. The molecule has 10 N–H and O–H groups in total. The molecule has 0 aromatic carbocycles. The number of hydrogen-bond donors (Lipinski definition) is 7. The summed E-state index contributed by atoms with van der Waals surface area (Å²) >= 11 is 0. The largest absolute Gasteiger partial charge is 0.479 e. The highest BCUT2D eigenvalue weighted by atomic mass is 16.5. The molecule has 0 aromatic heterocycles. The van der Waals surface area contributed by atoms with Gasteiger partial charge in [0.2, 0.25) is 5.76 Å². The second-order valence-electron chi connectivity index (χ2n) is 4.28. The zero-order valence-corrected chi connectivity index (χ0v) is 10.5. The van der Waals surface area contributed by atoms with Crippen LogP contribution in [-0.2, 0) is 9.53 Å². The van der Waals surface area contributed by atoms with E-state index in [1.165, 1.54) is 0 Å². The fourth-order valence-corrected chi connectivity index (χ4v) is 1.77. The maximum Gasteiger partial charge on any atom is 0.370 e. The number of aliphatic carboxylic acids is 1. The Morgan fingerprint density at radius 2 is 2.05 bits per heavy atom. The van der Waals surface area contributed by atoms with Crippen molar-refractivity contribution in [3.63, 3.8) is 0 Å². The SMILES string of the molecule is NC(N)=N[C@@H]1C=C(C(=O)O)O[C@H]([C@@H](O)[C@@H](O)CO)[C@H]1N. The molecule has 0 aromatic rings. The third-order valence-electron chi connectivity index (χ3n) is 2.79. The maximum absolute atomic E-state index is 11.0. The second-order valence-corrected chi connectivity index (χ2v) is 4.28. The zero-order chi connectivity index (χ0) is 15.4. The highest BCUT2D eigenvalue weighted by Crippen LogP contribution is 2.23. The molecule has 1 aliphatic rings. The van der Waals surface area contributed by atoms with E-state index in [1.54, 1.807) is 0 Å². The molecule has 0 saturated carbocycles. The van der Waals surface area contributed by atoms with E-state index >= 15 is 0 Å². The molecule has 20 heavy (non-hydrogen) atoms. The lowest BCUT2D eigenvalue weighted by molar-refractivity contribution is -0.144. The molecule has 0 spiro atoms. The molecular formula is C10H18N4O6. The summed E-state index contributed by atoms with van der Waals surface area (Å²) in [5, 5.41) is 37.0. The van der Waals surface area contributed by atoms with E-state index in [-0.39, 0.29) is 5.96 Å². The molecule has 0 saturated heterocycles. The summed E-state index contributed by atoms with van der Waals surface area (Å²) in [6, 6.07) is -1.94. The molecule has 0 fully saturated rings. The summed E-state index contributed by atoms with van der Waals surface area (Å²) in [5.74, 6) is -2.22. The van der Waals surface area contributed by atoms with Crippen molar-refractivity contribution in [2.45, 2.75) is 30.4 Å². The molecular weight excluding hydrogens is 272 g/mol. The lowest BCUT2D eigenvalue weighted by Crippen LogP contribution is -2.57. The Balaban J connectivity index is 3.07. The van der Waals surface area contributed by atoms with Gasteiger partial charge in [0.1, 0.15) is 18.3 Å². The first-order valence-electron chi connectivity index (χ1n) is 5.71. The lowest BCUT2D eigenvalue weighted by atomic mass is 9.93. The molecule has 1 rings (SSSR count). The van der Waals surface area contributed by atoms with Crippen molar-refractivity contribution >= 4 is 11.9 Å². The fraction of sp³-hybridized carbons (Fsp3) is 0.600. The topological polar surface area (TPSA) is 198 Å². The van der Waals surface area contributed by atoms with E-state index in [9.17, 15) is 15.0 Å². The molecule has 0 aliphatic carbocycles. The number of guanidine groups is 1. The van der Waals surface area contributed by atoms with Gasteiger partial charge in [-0.1, -0.05) is 0 Å². The second kappa shape index (κ2) is 6.52. The number of aliphatic imine (C=N–C) groups is 1. The van der Waals surface area contributed by atoms with Gasteiger partial charge < -0.3 is 42.4 Å². The van der Waals surface area contributed by atoms with Crippen LogP contribution < -0.4 is 17.2 Å². The summed E-state index contributed by atoms with van der Waals surface area (Å²) in [4.78, 5) is 14.7. The number of carboxylic acid groups (broad SMARTS) is 1. The Labute approximate surface area is 114 Å². The Kier molecular flexibility index (Phi) is 5.27. The van der Waals surface area contributed by atoms with Gasteiger partial charge in [-0.05, 0) is 6.08 Å². The van der Waals surface area contributed by atoms with Crippen LogP contribution in [0.25, 0.3) is 0 Å². The average Bonchev–Trinajstić information content (AvgIpc) is 2.38. The third kappa shape index (κ3) is 3.57. The van der Waals surface area contributed by atoms with Crippen molar-refractivity contribution in [3.05, 3.63) is 11.8 Å². The Morgan fingerprint density at radius 1 is 1.45 bits per heavy atom. The first-order chi connectivity index (χ1) is 9.27. The minimum absolute atomic E-state index is 0.315. The van der Waals surface area contributed by atoms with Crippen molar-refractivity contribution in [2.24, 2.45) is 22.2 Å². The summed E-state index contributed by atoms with van der Waals surface area (Å²) in [7, 11) is 0. The van der Waals surface area contributed by atoms with E-state index in [0.717, 1.165) is 6.08 Å². The van der Waals surface area contributed by atoms with Crippen molar-refractivity contribution in [1.29, 1.82) is 0 Å². The fourth-order valence-electron chi connectivity index (χ4n) is 1.77. The number of nitrogens with two attached hydrogens (primary N) is 3. The van der Waals surface area contributed by atoms with E-state index in [0.29, 0.717) is 0 Å². The molecule has 5 atom stereocenters. The molecule has 0 unspecified atom stereocenters. The minimum Gasteiger partial charge on any atom is -0.479 e. The van der Waals surface area contributed by atoms with Crippen LogP contribution >= 0.6 is 0 Å². The van der Waals surface area contributed by atoms with Crippen LogP contribution in [0.4, 0.5) is 0 Å². The predicted octanol–water partition coefficient (Wildman–Crippen LogP) is -3.96. The van der Waals surface area contributed by atoms with E-state index < -0.39 is 48.7 Å². The number of ether oxygens (including phenoxy) is 1. The minimum atomic E-state index is -1.60. The molecule has 10 nitrogen and oxygen atoms in total. The summed E-state index contributed by atoms with van der Waals surface area (Å²) < 4.78 is 5.02. The Bertz CT molecular complexity index is 422. The Morgan fingerprint density at radius 3 is 2.50 bits per heavy atom. The highest BCUT2D eigenvalue weighted by Gasteiger charge is 2.41. The van der Waals surface area contributed by atoms with Crippen LogP contribution in [0.5, 0.6) is 0 Å². The number of aliphatic hydroxyl groups excluding tert-OH is 3. The van der Waals surface area contributed by atoms with Crippen LogP contribution in [0.2, 0.25) is 0 Å². The van der Waals surface area contributed by atoms with Crippen LogP contribution in [0, 0.1) is 0 Å². The summed E-state index contributed by atoms with van der Waals surface area (Å²) in [6.45, 7) is -0.743. The first-order valence-corrected chi connectivity index (χ1v) is 5.71. The van der Waals surface area contributed by atoms with Gasteiger partial charge in [0.05, 0.1) is 18.7 Å². The quantitative estimate of drug-likeness (QED) is 0.195. The van der Waals surface area contributed by atoms with Gasteiger partial charge in [-0.2, -0.15) is 0 Å². The predicted molar refractivity (Wildman–Crippen MR) is 67.3 cm³/mol. The highest BCUT2D eigenvalue weighted by molar-refractivity contribution is 5.85. The zero-order valence-electron chi connectivity index (χ0n) is 10.5. The van der Waals surface area contributed by atoms with Gasteiger partial charge in [-0.3, -0.25) is 0 Å². The first kappa shape index (κ1) is 16.2. The van der Waals surface area contributed by atoms with Gasteiger partial charge in [0.15, 0.2) is 5.96 Å². The molecule has 1 aliphatic heterocycles. The van der Waals surface area contributed by atoms with Gasteiger partial charge in [0, 0.05) is 0 Å². The van der Waals surface area contributed by atoms with Crippen molar-refractivity contribution in [2.75, 3.05) is 6.61 Å². The van der Waals surface area contributed by atoms with Crippen LogP contribution in [0.3, 0.4) is 0 Å². The third-order valence-corrected chi connectivity index (χ3v) is 2.79. The standard InChI is InChI=1S/C10H18N4O6/c11-6-3(14-10(12)13)1-5(9(18)19)20-8(6)7(17)4(16)2-15/h1,3-4,6-8,15-17H,2,11H2,(H,18,19)(H4,12,13,14)/t3-,4+,6+,7+,8+/m1/s1. The molecule has 10 heteroatoms. The average molecular weight is 290 g/mol. The molecule has 0 bridgehead atoms.